The van der Waals surface area contributed by atoms with E-state index in [1.807, 2.05) is 0 Å². The van der Waals surface area contributed by atoms with Gasteiger partial charge in [-0.2, -0.15) is 4.98 Å². The smallest absolute Gasteiger partial charge is 0.351 e. The number of carbonyl (C=O) groups excluding carboxylic acids is 2. The first-order chi connectivity index (χ1) is 15.8. The summed E-state index contributed by atoms with van der Waals surface area (Å²) in [6.45, 7) is -0.726. The van der Waals surface area contributed by atoms with Gasteiger partial charge in [-0.3, -0.25) is 9.36 Å². The van der Waals surface area contributed by atoms with Gasteiger partial charge in [0.25, 0.3) is 11.8 Å². The van der Waals surface area contributed by atoms with E-state index in [0.717, 1.165) is 22.5 Å². The number of aromatic nitrogens is 2. The van der Waals surface area contributed by atoms with E-state index in [9.17, 15) is 14.4 Å². The molecule has 33 heavy (non-hydrogen) atoms. The van der Waals surface area contributed by atoms with Crippen molar-refractivity contribution in [3.8, 4) is 0 Å². The highest BCUT2D eigenvalue weighted by Gasteiger charge is 2.61. The van der Waals surface area contributed by atoms with Gasteiger partial charge in [-0.1, -0.05) is 36.4 Å². The van der Waals surface area contributed by atoms with Crippen molar-refractivity contribution in [3.63, 3.8) is 0 Å². The highest BCUT2D eigenvalue weighted by molar-refractivity contribution is 8.00. The zero-order valence-corrected chi connectivity index (χ0v) is 18.1. The summed E-state index contributed by atoms with van der Waals surface area (Å²) < 4.78 is 36.1. The molecule has 4 rings (SSSR count). The molecule has 1 aromatic heterocycles. The summed E-state index contributed by atoms with van der Waals surface area (Å²) in [5.74, 6) is -4.62. The third-order valence-corrected chi connectivity index (χ3v) is 6.71. The molecule has 0 aliphatic carbocycles. The van der Waals surface area contributed by atoms with Crippen LogP contribution in [0.4, 0.5) is 14.6 Å². The summed E-state index contributed by atoms with van der Waals surface area (Å²) in [7, 11) is 0. The van der Waals surface area contributed by atoms with E-state index >= 15 is 8.78 Å². The van der Waals surface area contributed by atoms with Crippen molar-refractivity contribution in [1.29, 1.82) is 0 Å². The fourth-order valence-corrected chi connectivity index (χ4v) is 4.89. The normalized spacial score (nSPS) is 19.1. The number of carbonyl (C=O) groups is 2. The summed E-state index contributed by atoms with van der Waals surface area (Å²) in [5, 5.41) is 2.48. The molecule has 0 bridgehead atoms. The van der Waals surface area contributed by atoms with E-state index in [2.05, 4.69) is 10.3 Å². The van der Waals surface area contributed by atoms with Crippen LogP contribution in [0, 0.1) is 0 Å². The van der Waals surface area contributed by atoms with Gasteiger partial charge in [-0.05, 0) is 30.3 Å². The Morgan fingerprint density at radius 1 is 1.03 bits per heavy atom. The van der Waals surface area contributed by atoms with Gasteiger partial charge in [0.2, 0.25) is 0 Å². The van der Waals surface area contributed by atoms with Gasteiger partial charge in [0.05, 0.1) is 5.56 Å². The molecule has 170 valence electrons. The highest BCUT2D eigenvalue weighted by atomic mass is 32.2. The summed E-state index contributed by atoms with van der Waals surface area (Å²) in [4.78, 5) is 39.0. The third kappa shape index (κ3) is 4.51. The highest BCUT2D eigenvalue weighted by Crippen LogP contribution is 2.52. The maximum atomic E-state index is 15.0. The van der Waals surface area contributed by atoms with Gasteiger partial charge in [-0.25, -0.2) is 18.4 Å². The van der Waals surface area contributed by atoms with E-state index in [1.54, 1.807) is 48.5 Å². The zero-order valence-electron chi connectivity index (χ0n) is 17.2. The minimum absolute atomic E-state index is 0.0643. The van der Waals surface area contributed by atoms with E-state index in [1.165, 1.54) is 18.2 Å². The van der Waals surface area contributed by atoms with Crippen molar-refractivity contribution in [2.75, 3.05) is 17.7 Å². The predicted octanol–water partition coefficient (Wildman–Crippen LogP) is 3.78. The lowest BCUT2D eigenvalue weighted by atomic mass is 10.1. The average Bonchev–Trinajstić information content (AvgIpc) is 3.13. The van der Waals surface area contributed by atoms with Crippen LogP contribution in [0.2, 0.25) is 0 Å². The summed E-state index contributed by atoms with van der Waals surface area (Å²) >= 11 is 0.826. The Morgan fingerprint density at radius 3 is 2.24 bits per heavy atom. The number of halogens is 2. The molecular weight excluding hydrogens is 452 g/mol. The lowest BCUT2D eigenvalue weighted by molar-refractivity contribution is -0.0848. The molecule has 0 unspecified atom stereocenters. The quantitative estimate of drug-likeness (QED) is 0.551. The van der Waals surface area contributed by atoms with Gasteiger partial charge >= 0.3 is 11.7 Å². The minimum Gasteiger partial charge on any atom is -0.458 e. The summed E-state index contributed by atoms with van der Waals surface area (Å²) in [5.41, 5.74) is -0.431. The first kappa shape index (κ1) is 22.7. The third-order valence-electron chi connectivity index (χ3n) is 5.21. The lowest BCUT2D eigenvalue weighted by Gasteiger charge is -2.34. The van der Waals surface area contributed by atoms with E-state index in [4.69, 9.17) is 4.74 Å². The van der Waals surface area contributed by atoms with Crippen LogP contribution in [0.25, 0.3) is 0 Å². The van der Waals surface area contributed by atoms with Crippen molar-refractivity contribution in [2.24, 2.45) is 0 Å². The number of nitrogens with zero attached hydrogens (tertiary/aromatic N) is 2. The van der Waals surface area contributed by atoms with E-state index in [-0.39, 0.29) is 17.1 Å². The second-order valence-electron chi connectivity index (χ2n) is 7.31. The number of amides is 1. The van der Waals surface area contributed by atoms with Crippen LogP contribution in [0.5, 0.6) is 0 Å². The predicted molar refractivity (Wildman–Crippen MR) is 120 cm³/mol. The Labute approximate surface area is 191 Å². The fourth-order valence-electron chi connectivity index (χ4n) is 3.46. The molecule has 1 saturated heterocycles. The van der Waals surface area contributed by atoms with E-state index in [0.29, 0.717) is 5.56 Å². The SMILES string of the molecule is O=C(Nc1ccn([C@]2(COC(=O)c3ccccc3)SCCC2(F)F)c(=O)n1)c1ccccc1. The second kappa shape index (κ2) is 9.14. The van der Waals surface area contributed by atoms with Crippen molar-refractivity contribution in [3.05, 3.63) is 94.5 Å². The topological polar surface area (TPSA) is 90.3 Å². The number of thioether (sulfide) groups is 1. The molecule has 1 amide bonds. The Kier molecular flexibility index (Phi) is 6.28. The van der Waals surface area contributed by atoms with Gasteiger partial charge < -0.3 is 10.1 Å². The van der Waals surface area contributed by atoms with Crippen molar-refractivity contribution in [2.45, 2.75) is 17.2 Å². The maximum absolute atomic E-state index is 15.0. The number of hydrogen-bond acceptors (Lipinski definition) is 6. The monoisotopic (exact) mass is 471 g/mol. The Bertz CT molecular complexity index is 1220. The number of hydrogen-bond donors (Lipinski definition) is 1. The number of ether oxygens (including phenoxy) is 1. The molecule has 0 saturated carbocycles. The van der Waals surface area contributed by atoms with Crippen molar-refractivity contribution < 1.29 is 23.1 Å². The van der Waals surface area contributed by atoms with Crippen LogP contribution in [0.15, 0.2) is 77.7 Å². The molecule has 2 aromatic carbocycles. The molecule has 3 aromatic rings. The van der Waals surface area contributed by atoms with Crippen LogP contribution in [0.3, 0.4) is 0 Å². The van der Waals surface area contributed by atoms with Crippen LogP contribution in [-0.4, -0.2) is 39.7 Å². The molecule has 7 nitrogen and oxygen atoms in total. The second-order valence-corrected chi connectivity index (χ2v) is 8.69. The van der Waals surface area contributed by atoms with Gasteiger partial charge in [0.15, 0.2) is 4.87 Å². The van der Waals surface area contributed by atoms with Crippen molar-refractivity contribution in [1.82, 2.24) is 9.55 Å². The molecule has 10 heteroatoms. The summed E-state index contributed by atoms with van der Waals surface area (Å²) in [6, 6.07) is 17.5. The van der Waals surface area contributed by atoms with Crippen molar-refractivity contribution >= 4 is 29.5 Å². The summed E-state index contributed by atoms with van der Waals surface area (Å²) in [6.07, 6.45) is 0.651. The molecule has 1 fully saturated rings. The average molecular weight is 471 g/mol. The lowest BCUT2D eigenvalue weighted by Crippen LogP contribution is -2.52. The maximum Gasteiger partial charge on any atom is 0.351 e. The minimum atomic E-state index is -3.34. The molecule has 0 spiro atoms. The number of alkyl halides is 2. The Hall–Kier alpha value is -3.53. The number of rotatable bonds is 6. The van der Waals surface area contributed by atoms with Crippen LogP contribution in [-0.2, 0) is 9.61 Å². The van der Waals surface area contributed by atoms with Crippen LogP contribution >= 0.6 is 11.8 Å². The molecule has 1 aliphatic rings. The molecule has 0 radical (unpaired) electrons. The molecule has 1 aliphatic heterocycles. The molecule has 1 atom stereocenters. The van der Waals surface area contributed by atoms with Gasteiger partial charge in [-0.15, -0.1) is 11.8 Å². The van der Waals surface area contributed by atoms with E-state index < -0.39 is 41.4 Å². The molecule has 2 heterocycles. The number of nitrogens with one attached hydrogen (secondary N) is 1. The first-order valence-corrected chi connectivity index (χ1v) is 11.0. The number of anilines is 1. The largest absolute Gasteiger partial charge is 0.458 e. The van der Waals surface area contributed by atoms with Gasteiger partial charge in [0.1, 0.15) is 12.4 Å². The number of esters is 1. The van der Waals surface area contributed by atoms with Crippen LogP contribution < -0.4 is 11.0 Å². The standard InChI is InChI=1S/C23H19F2N3O4S/c24-22(25)12-14-33-23(22,15-32-20(30)17-9-5-2-6-10-17)28-13-11-18(27-21(28)31)26-19(29)16-7-3-1-4-8-16/h1-11,13H,12,14-15H2,(H,26,27,29,31)/t23-/m1/s1. The zero-order chi connectivity index (χ0) is 23.5. The van der Waals surface area contributed by atoms with Crippen LogP contribution in [0.1, 0.15) is 27.1 Å². The molecular formula is C23H19F2N3O4S. The Balaban J connectivity index is 1.59. The first-order valence-electron chi connectivity index (χ1n) is 10.0. The van der Waals surface area contributed by atoms with Gasteiger partial charge in [0, 0.05) is 23.9 Å². The fraction of sp³-hybridized carbons (Fsp3) is 0.217. The Morgan fingerprint density at radius 2 is 1.67 bits per heavy atom. The molecule has 1 N–H and O–H groups in total. The number of benzene rings is 2.